The molecule has 1 aliphatic rings. The highest BCUT2D eigenvalue weighted by Crippen LogP contribution is 2.31. The maximum Gasteiger partial charge on any atom is 0.293 e. The molecule has 1 saturated heterocycles. The minimum absolute atomic E-state index is 0.216. The number of hydrogen-bond donors (Lipinski definition) is 2. The van der Waals surface area contributed by atoms with Gasteiger partial charge < -0.3 is 24.4 Å². The van der Waals surface area contributed by atoms with Gasteiger partial charge in [-0.15, -0.1) is 0 Å². The van der Waals surface area contributed by atoms with Crippen molar-refractivity contribution in [2.45, 2.75) is 44.1 Å². The first kappa shape index (κ1) is 12.4. The number of carbonyl (C=O) groups is 1. The lowest BCUT2D eigenvalue weighted by Crippen LogP contribution is -2.63. The molecule has 1 aliphatic heterocycles. The first-order valence-corrected chi connectivity index (χ1v) is 4.60. The second-order valence-corrected chi connectivity index (χ2v) is 3.96. The molecule has 0 aromatic carbocycles. The van der Waals surface area contributed by atoms with Crippen molar-refractivity contribution in [1.82, 2.24) is 0 Å². The van der Waals surface area contributed by atoms with Crippen molar-refractivity contribution in [3.8, 4) is 0 Å². The molecule has 88 valence electrons. The molecule has 0 spiro atoms. The van der Waals surface area contributed by atoms with Gasteiger partial charge >= 0.3 is 0 Å². The van der Waals surface area contributed by atoms with E-state index in [9.17, 15) is 15.0 Å². The van der Waals surface area contributed by atoms with E-state index in [1.54, 1.807) is 13.8 Å². The summed E-state index contributed by atoms with van der Waals surface area (Å²) < 4.78 is 15.0. The zero-order chi connectivity index (χ0) is 11.6. The molecular formula is C9H16O6. The van der Waals surface area contributed by atoms with Gasteiger partial charge in [-0.05, 0) is 13.8 Å². The van der Waals surface area contributed by atoms with Gasteiger partial charge in [0.2, 0.25) is 0 Å². The SMILES string of the molecule is CO[C@@H]1[C@H](OC=O)[C@@H](O)[C@@H](O)OC1(C)C. The van der Waals surface area contributed by atoms with Gasteiger partial charge in [-0.25, -0.2) is 0 Å². The highest BCUT2D eigenvalue weighted by atomic mass is 16.7. The monoisotopic (exact) mass is 220 g/mol. The predicted molar refractivity (Wildman–Crippen MR) is 48.9 cm³/mol. The molecule has 6 heteroatoms. The highest BCUT2D eigenvalue weighted by molar-refractivity contribution is 5.38. The Balaban J connectivity index is 2.90. The van der Waals surface area contributed by atoms with Crippen LogP contribution in [-0.2, 0) is 19.0 Å². The van der Waals surface area contributed by atoms with Crippen LogP contribution in [0, 0.1) is 0 Å². The van der Waals surface area contributed by atoms with E-state index in [0.717, 1.165) is 0 Å². The van der Waals surface area contributed by atoms with Crippen molar-refractivity contribution in [2.24, 2.45) is 0 Å². The van der Waals surface area contributed by atoms with Crippen LogP contribution in [0.25, 0.3) is 0 Å². The second-order valence-electron chi connectivity index (χ2n) is 3.96. The molecule has 0 bridgehead atoms. The summed E-state index contributed by atoms with van der Waals surface area (Å²) in [6.45, 7) is 3.57. The fourth-order valence-electron chi connectivity index (χ4n) is 1.82. The maximum absolute atomic E-state index is 10.3. The average molecular weight is 220 g/mol. The number of carbonyl (C=O) groups excluding carboxylic acids is 1. The van der Waals surface area contributed by atoms with E-state index in [-0.39, 0.29) is 6.47 Å². The fourth-order valence-corrected chi connectivity index (χ4v) is 1.82. The summed E-state index contributed by atoms with van der Waals surface area (Å²) in [6.07, 6.45) is -4.28. The fraction of sp³-hybridized carbons (Fsp3) is 0.889. The smallest absolute Gasteiger partial charge is 0.293 e. The van der Waals surface area contributed by atoms with Gasteiger partial charge in [0, 0.05) is 7.11 Å². The normalized spacial score (nSPS) is 39.8. The number of aliphatic hydroxyl groups excluding tert-OH is 2. The zero-order valence-corrected chi connectivity index (χ0v) is 8.91. The van der Waals surface area contributed by atoms with Gasteiger partial charge in [-0.2, -0.15) is 0 Å². The van der Waals surface area contributed by atoms with Crippen molar-refractivity contribution < 1.29 is 29.2 Å². The molecule has 1 heterocycles. The Morgan fingerprint density at radius 1 is 1.40 bits per heavy atom. The van der Waals surface area contributed by atoms with Gasteiger partial charge in [0.15, 0.2) is 12.4 Å². The summed E-state index contributed by atoms with van der Waals surface area (Å²) in [6, 6.07) is 0. The van der Waals surface area contributed by atoms with E-state index >= 15 is 0 Å². The number of aliphatic hydroxyl groups is 2. The van der Waals surface area contributed by atoms with E-state index < -0.39 is 30.2 Å². The minimum Gasteiger partial charge on any atom is -0.459 e. The topological polar surface area (TPSA) is 85.2 Å². The Kier molecular flexibility index (Phi) is 3.67. The Morgan fingerprint density at radius 3 is 2.47 bits per heavy atom. The van der Waals surface area contributed by atoms with Crippen LogP contribution in [0.3, 0.4) is 0 Å². The first-order chi connectivity index (χ1) is 6.94. The molecule has 0 aromatic rings. The van der Waals surface area contributed by atoms with Gasteiger partial charge in [-0.1, -0.05) is 0 Å². The minimum atomic E-state index is -1.39. The Bertz CT molecular complexity index is 229. The van der Waals surface area contributed by atoms with Crippen molar-refractivity contribution >= 4 is 6.47 Å². The third-order valence-electron chi connectivity index (χ3n) is 2.50. The molecule has 2 N–H and O–H groups in total. The van der Waals surface area contributed by atoms with Crippen LogP contribution in [0.15, 0.2) is 0 Å². The molecular weight excluding hydrogens is 204 g/mol. The van der Waals surface area contributed by atoms with Crippen LogP contribution in [0.2, 0.25) is 0 Å². The molecule has 0 aliphatic carbocycles. The quantitative estimate of drug-likeness (QED) is 0.595. The molecule has 0 saturated carbocycles. The van der Waals surface area contributed by atoms with E-state index in [1.165, 1.54) is 7.11 Å². The van der Waals surface area contributed by atoms with Crippen LogP contribution in [0.1, 0.15) is 13.8 Å². The lowest BCUT2D eigenvalue weighted by Gasteiger charge is -2.45. The lowest BCUT2D eigenvalue weighted by atomic mass is 9.89. The zero-order valence-electron chi connectivity index (χ0n) is 8.91. The van der Waals surface area contributed by atoms with Crippen LogP contribution >= 0.6 is 0 Å². The van der Waals surface area contributed by atoms with E-state index in [2.05, 4.69) is 0 Å². The molecule has 0 radical (unpaired) electrons. The maximum atomic E-state index is 10.3. The number of hydrogen-bond acceptors (Lipinski definition) is 6. The number of rotatable bonds is 3. The van der Waals surface area contributed by atoms with Crippen molar-refractivity contribution in [3.05, 3.63) is 0 Å². The predicted octanol–water partition coefficient (Wildman–Crippen LogP) is -0.969. The van der Waals surface area contributed by atoms with Gasteiger partial charge in [-0.3, -0.25) is 4.79 Å². The van der Waals surface area contributed by atoms with Crippen LogP contribution < -0.4 is 0 Å². The largest absolute Gasteiger partial charge is 0.459 e. The van der Waals surface area contributed by atoms with Gasteiger partial charge in [0.05, 0.1) is 5.60 Å². The van der Waals surface area contributed by atoms with Crippen molar-refractivity contribution in [3.63, 3.8) is 0 Å². The van der Waals surface area contributed by atoms with Gasteiger partial charge in [0.25, 0.3) is 6.47 Å². The molecule has 6 nitrogen and oxygen atoms in total. The van der Waals surface area contributed by atoms with Gasteiger partial charge in [0.1, 0.15) is 12.2 Å². The molecule has 1 fully saturated rings. The standard InChI is InChI=1S/C9H16O6/c1-9(2)7(13-3)6(14-4-10)5(11)8(12)15-9/h4-8,11-12H,1-3H3/t5-,6-,7-,8+/m1/s1. The van der Waals surface area contributed by atoms with Crippen LogP contribution in [0.5, 0.6) is 0 Å². The molecule has 4 atom stereocenters. The summed E-state index contributed by atoms with van der Waals surface area (Å²) in [5.41, 5.74) is -0.846. The van der Waals surface area contributed by atoms with Crippen molar-refractivity contribution in [1.29, 1.82) is 0 Å². The van der Waals surface area contributed by atoms with E-state index in [0.29, 0.717) is 0 Å². The third kappa shape index (κ3) is 2.28. The third-order valence-corrected chi connectivity index (χ3v) is 2.50. The molecule has 0 unspecified atom stereocenters. The van der Waals surface area contributed by atoms with Crippen molar-refractivity contribution in [2.75, 3.05) is 7.11 Å². The Labute approximate surface area is 87.7 Å². The number of methoxy groups -OCH3 is 1. The summed E-state index contributed by atoms with van der Waals surface area (Å²) in [4.78, 5) is 10.3. The molecule has 0 aromatic heterocycles. The second kappa shape index (κ2) is 4.44. The number of ether oxygens (including phenoxy) is 3. The molecule has 15 heavy (non-hydrogen) atoms. The summed E-state index contributed by atoms with van der Waals surface area (Å²) in [5.74, 6) is 0. The summed E-state index contributed by atoms with van der Waals surface area (Å²) in [7, 11) is 1.42. The Hall–Kier alpha value is -0.690. The highest BCUT2D eigenvalue weighted by Gasteiger charge is 2.50. The molecule has 0 amide bonds. The summed E-state index contributed by atoms with van der Waals surface area (Å²) >= 11 is 0. The van der Waals surface area contributed by atoms with Crippen LogP contribution in [0.4, 0.5) is 0 Å². The summed E-state index contributed by atoms with van der Waals surface area (Å²) in [5, 5.41) is 19.0. The van der Waals surface area contributed by atoms with E-state index in [1.807, 2.05) is 0 Å². The van der Waals surface area contributed by atoms with E-state index in [4.69, 9.17) is 14.2 Å². The lowest BCUT2D eigenvalue weighted by molar-refractivity contribution is -0.314. The molecule has 1 rings (SSSR count). The van der Waals surface area contributed by atoms with Crippen LogP contribution in [-0.4, -0.2) is 54.0 Å². The Morgan fingerprint density at radius 2 is 2.00 bits per heavy atom. The average Bonchev–Trinajstić information content (AvgIpc) is 2.13. The first-order valence-electron chi connectivity index (χ1n) is 4.60.